The van der Waals surface area contributed by atoms with E-state index in [-0.39, 0.29) is 18.1 Å². The van der Waals surface area contributed by atoms with Crippen LogP contribution in [0.15, 0.2) is 68.0 Å². The van der Waals surface area contributed by atoms with Crippen LogP contribution in [0.25, 0.3) is 5.57 Å². The predicted octanol–water partition coefficient (Wildman–Crippen LogP) is 3.70. The van der Waals surface area contributed by atoms with Crippen LogP contribution in [0.3, 0.4) is 0 Å². The summed E-state index contributed by atoms with van der Waals surface area (Å²) in [6, 6.07) is 12.1. The van der Waals surface area contributed by atoms with Gasteiger partial charge in [-0.3, -0.25) is 14.2 Å². The molecule has 5 rings (SSSR count). The van der Waals surface area contributed by atoms with Crippen LogP contribution in [0, 0.1) is 0 Å². The largest absolute Gasteiger partial charge is 0.496 e. The van der Waals surface area contributed by atoms with E-state index in [0.29, 0.717) is 53.9 Å². The standard InChI is InChI=1S/C28H26BrN3O5S/c1-5-9-18-22(27(35)37-6-2)23(15-12-13-20(36-4)17(29)14-15)32-26(34)24(38-28(32)30-18)21-16-10-7-8-11-19(16)31(3)25(21)33/h7-8,10-14,23H,5-6,9H2,1-4H3/b24-21-/t23-/m1/s1. The van der Waals surface area contributed by atoms with Gasteiger partial charge in [-0.2, -0.15) is 0 Å². The number of likely N-dealkylation sites (N-methyl/N-ethyl adjacent to an activating group) is 1. The summed E-state index contributed by atoms with van der Waals surface area (Å²) in [7, 11) is 3.27. The van der Waals surface area contributed by atoms with Crippen LogP contribution in [0.2, 0.25) is 0 Å². The smallest absolute Gasteiger partial charge is 0.338 e. The van der Waals surface area contributed by atoms with Gasteiger partial charge in [-0.15, -0.1) is 0 Å². The van der Waals surface area contributed by atoms with Gasteiger partial charge in [0.05, 0.1) is 46.8 Å². The van der Waals surface area contributed by atoms with Gasteiger partial charge in [0.2, 0.25) is 0 Å². The van der Waals surface area contributed by atoms with Crippen LogP contribution in [0.1, 0.15) is 43.9 Å². The fourth-order valence-corrected chi connectivity index (χ4v) is 6.60. The Morgan fingerprint density at radius 1 is 1.16 bits per heavy atom. The Balaban J connectivity index is 1.86. The maximum atomic E-state index is 14.2. The number of carbonyl (C=O) groups excluding carboxylic acids is 2. The van der Waals surface area contributed by atoms with Crippen molar-refractivity contribution in [3.63, 3.8) is 0 Å². The first-order valence-corrected chi connectivity index (χ1v) is 13.9. The number of thiazole rings is 1. The number of methoxy groups -OCH3 is 1. The second kappa shape index (κ2) is 10.3. The number of para-hydroxylation sites is 1. The van der Waals surface area contributed by atoms with Crippen molar-refractivity contribution in [2.24, 2.45) is 4.99 Å². The molecule has 0 bridgehead atoms. The predicted molar refractivity (Wildman–Crippen MR) is 149 cm³/mol. The molecule has 0 fully saturated rings. The molecule has 0 radical (unpaired) electrons. The van der Waals surface area contributed by atoms with Crippen molar-refractivity contribution in [3.8, 4) is 5.75 Å². The van der Waals surface area contributed by atoms with Gasteiger partial charge in [0.25, 0.3) is 11.5 Å². The third-order valence-corrected chi connectivity index (χ3v) is 8.31. The quantitative estimate of drug-likeness (QED) is 0.405. The summed E-state index contributed by atoms with van der Waals surface area (Å²) in [5, 5.41) is 0. The first kappa shape index (κ1) is 26.1. The second-order valence-electron chi connectivity index (χ2n) is 8.88. The normalized spacial score (nSPS) is 17.8. The van der Waals surface area contributed by atoms with Crippen molar-refractivity contribution in [3.05, 3.63) is 89.0 Å². The van der Waals surface area contributed by atoms with Crippen LogP contribution < -0.4 is 24.5 Å². The molecule has 0 aliphatic carbocycles. The summed E-state index contributed by atoms with van der Waals surface area (Å²) < 4.78 is 13.3. The van der Waals surface area contributed by atoms with Crippen LogP contribution in [-0.2, 0) is 14.3 Å². The number of hydrogen-bond acceptors (Lipinski definition) is 7. The van der Waals surface area contributed by atoms with Gasteiger partial charge in [-0.25, -0.2) is 9.79 Å². The molecule has 1 aromatic heterocycles. The van der Waals surface area contributed by atoms with E-state index < -0.39 is 12.0 Å². The van der Waals surface area contributed by atoms with Crippen molar-refractivity contribution >= 4 is 50.4 Å². The SMILES string of the molecule is CCCC1=C(C(=O)OCC)[C@@H](c2ccc(OC)c(Br)c2)n2c(s/c(=C3\C(=O)N(C)c4ccccc43)c2=O)=N1. The highest BCUT2D eigenvalue weighted by atomic mass is 79.9. The Morgan fingerprint density at radius 3 is 2.61 bits per heavy atom. The first-order valence-electron chi connectivity index (χ1n) is 12.3. The number of halogens is 1. The van der Waals surface area contributed by atoms with Gasteiger partial charge in [0.15, 0.2) is 4.80 Å². The molecule has 0 saturated heterocycles. The number of anilines is 1. The summed E-state index contributed by atoms with van der Waals surface area (Å²) >= 11 is 4.71. The zero-order valence-electron chi connectivity index (χ0n) is 21.4. The Labute approximate surface area is 231 Å². The number of esters is 1. The Morgan fingerprint density at radius 2 is 1.92 bits per heavy atom. The zero-order valence-corrected chi connectivity index (χ0v) is 23.8. The lowest BCUT2D eigenvalue weighted by atomic mass is 9.94. The van der Waals surface area contributed by atoms with E-state index in [2.05, 4.69) is 15.9 Å². The summed E-state index contributed by atoms with van der Waals surface area (Å²) in [5.74, 6) is -0.148. The number of fused-ring (bicyclic) bond motifs is 2. The highest BCUT2D eigenvalue weighted by Crippen LogP contribution is 2.37. The molecule has 0 saturated carbocycles. The molecule has 1 atom stereocenters. The van der Waals surface area contributed by atoms with E-state index in [1.807, 2.05) is 43.3 Å². The number of ether oxygens (including phenoxy) is 2. The molecule has 2 aliphatic rings. The van der Waals surface area contributed by atoms with Crippen LogP contribution in [-0.4, -0.2) is 37.2 Å². The lowest BCUT2D eigenvalue weighted by Gasteiger charge is -2.26. The summed E-state index contributed by atoms with van der Waals surface area (Å²) in [6.45, 7) is 3.94. The maximum absolute atomic E-state index is 14.2. The minimum absolute atomic E-state index is 0.187. The molecular formula is C28H26BrN3O5S. The molecule has 8 nitrogen and oxygen atoms in total. The molecular weight excluding hydrogens is 570 g/mol. The van der Waals surface area contributed by atoms with E-state index in [9.17, 15) is 14.4 Å². The maximum Gasteiger partial charge on any atom is 0.338 e. The third-order valence-electron chi connectivity index (χ3n) is 6.64. The first-order chi connectivity index (χ1) is 18.3. The number of rotatable bonds is 6. The van der Waals surface area contributed by atoms with Crippen LogP contribution in [0.4, 0.5) is 5.69 Å². The zero-order chi connectivity index (χ0) is 27.1. The van der Waals surface area contributed by atoms with Gasteiger partial charge in [0.1, 0.15) is 10.3 Å². The Hall–Kier alpha value is -3.50. The molecule has 3 aromatic rings. The Bertz CT molecular complexity index is 1690. The highest BCUT2D eigenvalue weighted by molar-refractivity contribution is 9.10. The number of nitrogens with zero attached hydrogens (tertiary/aromatic N) is 3. The number of aromatic nitrogens is 1. The summed E-state index contributed by atoms with van der Waals surface area (Å²) in [4.78, 5) is 47.6. The fourth-order valence-electron chi connectivity index (χ4n) is 4.93. The molecule has 38 heavy (non-hydrogen) atoms. The Kier molecular flexibility index (Phi) is 7.11. The van der Waals surface area contributed by atoms with E-state index in [4.69, 9.17) is 14.5 Å². The fraction of sp³-hybridized carbons (Fsp3) is 0.286. The van der Waals surface area contributed by atoms with E-state index in [0.717, 1.165) is 12.1 Å². The lowest BCUT2D eigenvalue weighted by molar-refractivity contribution is -0.139. The van der Waals surface area contributed by atoms with Crippen molar-refractivity contribution in [1.82, 2.24) is 4.57 Å². The minimum atomic E-state index is -0.784. The van der Waals surface area contributed by atoms with Crippen molar-refractivity contribution in [2.75, 3.05) is 25.7 Å². The average Bonchev–Trinajstić information content (AvgIpc) is 3.36. The lowest BCUT2D eigenvalue weighted by Crippen LogP contribution is -2.41. The van der Waals surface area contributed by atoms with Gasteiger partial charge < -0.3 is 14.4 Å². The number of hydrogen-bond donors (Lipinski definition) is 0. The minimum Gasteiger partial charge on any atom is -0.496 e. The van der Waals surface area contributed by atoms with Gasteiger partial charge in [-0.1, -0.05) is 48.9 Å². The molecule has 1 amide bonds. The van der Waals surface area contributed by atoms with Gasteiger partial charge in [-0.05, 0) is 53.0 Å². The molecule has 10 heteroatoms. The molecule has 0 spiro atoms. The van der Waals surface area contributed by atoms with Crippen molar-refractivity contribution < 1.29 is 19.1 Å². The molecule has 0 N–H and O–H groups in total. The number of benzene rings is 2. The molecule has 2 aliphatic heterocycles. The second-order valence-corrected chi connectivity index (χ2v) is 10.7. The topological polar surface area (TPSA) is 90.2 Å². The van der Waals surface area contributed by atoms with Crippen molar-refractivity contribution in [2.45, 2.75) is 32.7 Å². The monoisotopic (exact) mass is 595 g/mol. The molecule has 2 aromatic carbocycles. The average molecular weight is 597 g/mol. The van der Waals surface area contributed by atoms with E-state index >= 15 is 0 Å². The highest BCUT2D eigenvalue weighted by Gasteiger charge is 2.37. The van der Waals surface area contributed by atoms with Crippen LogP contribution in [0.5, 0.6) is 5.75 Å². The third kappa shape index (κ3) is 4.12. The molecule has 3 heterocycles. The van der Waals surface area contributed by atoms with Gasteiger partial charge in [0, 0.05) is 12.6 Å². The van der Waals surface area contributed by atoms with E-state index in [1.54, 1.807) is 32.0 Å². The van der Waals surface area contributed by atoms with E-state index in [1.165, 1.54) is 15.9 Å². The summed E-state index contributed by atoms with van der Waals surface area (Å²) in [5.41, 5.74) is 3.01. The number of allylic oxidation sites excluding steroid dienone is 1. The summed E-state index contributed by atoms with van der Waals surface area (Å²) in [6.07, 6.45) is 1.28. The number of amides is 1. The van der Waals surface area contributed by atoms with Crippen LogP contribution >= 0.6 is 27.3 Å². The molecule has 196 valence electrons. The van der Waals surface area contributed by atoms with Gasteiger partial charge >= 0.3 is 5.97 Å². The van der Waals surface area contributed by atoms with Crippen molar-refractivity contribution in [1.29, 1.82) is 0 Å². The number of carbonyl (C=O) groups is 2. The molecule has 0 unspecified atom stereocenters.